The average Bonchev–Trinajstić information content (AvgIpc) is 3.16. The molecule has 1 aliphatic heterocycles. The lowest BCUT2D eigenvalue weighted by molar-refractivity contribution is -0.117. The Hall–Kier alpha value is -3.55. The van der Waals surface area contributed by atoms with Crippen LogP contribution in [-0.4, -0.2) is 29.2 Å². The molecule has 166 valence electrons. The van der Waals surface area contributed by atoms with Gasteiger partial charge >= 0.3 is 0 Å². The Morgan fingerprint density at radius 1 is 0.970 bits per heavy atom. The molecule has 0 unspecified atom stereocenters. The van der Waals surface area contributed by atoms with Crippen LogP contribution in [0.4, 0.5) is 17.1 Å². The molecule has 1 aliphatic rings. The maximum Gasteiger partial charge on any atom is 0.260 e. The van der Waals surface area contributed by atoms with E-state index in [9.17, 15) is 9.59 Å². The van der Waals surface area contributed by atoms with Crippen molar-refractivity contribution < 1.29 is 9.59 Å². The van der Waals surface area contributed by atoms with Gasteiger partial charge in [-0.2, -0.15) is 0 Å². The van der Waals surface area contributed by atoms with Crippen molar-refractivity contribution in [2.24, 2.45) is 10.7 Å². The average molecular weight is 477 g/mol. The molecule has 1 heterocycles. The smallest absolute Gasteiger partial charge is 0.260 e. The number of aliphatic imine (C=N–C) groups is 1. The SMILES string of the molecule is CN(C(=O)[C@@H]1SC(=Nc2ccccc2)C(C(=O)Nc2ccc(Cl)cc2)=C1N)c1ccccc1. The highest BCUT2D eigenvalue weighted by Gasteiger charge is 2.39. The number of hydrogen-bond acceptors (Lipinski definition) is 5. The number of anilines is 2. The molecule has 0 aliphatic carbocycles. The van der Waals surface area contributed by atoms with Gasteiger partial charge in [0.05, 0.1) is 11.3 Å². The zero-order valence-electron chi connectivity index (χ0n) is 17.7. The molecule has 3 N–H and O–H groups in total. The fourth-order valence-corrected chi connectivity index (χ4v) is 4.62. The van der Waals surface area contributed by atoms with Crippen LogP contribution >= 0.6 is 23.4 Å². The summed E-state index contributed by atoms with van der Waals surface area (Å²) in [5.74, 6) is -0.673. The van der Waals surface area contributed by atoms with Crippen LogP contribution in [0, 0.1) is 0 Å². The standard InChI is InChI=1S/C25H21ClN4O2S/c1-30(19-10-6-3-7-11-19)25(32)22-21(27)20(23(31)28-18-14-12-16(26)13-15-18)24(33-22)29-17-8-4-2-5-9-17/h2-15,22H,27H2,1H3,(H,28,31)/t22-/m1/s1. The highest BCUT2D eigenvalue weighted by Crippen LogP contribution is 2.36. The number of nitrogens with two attached hydrogens (primary N) is 1. The Morgan fingerprint density at radius 3 is 2.21 bits per heavy atom. The van der Waals surface area contributed by atoms with Gasteiger partial charge in [0.1, 0.15) is 10.3 Å². The van der Waals surface area contributed by atoms with Gasteiger partial charge in [0.2, 0.25) is 5.91 Å². The van der Waals surface area contributed by atoms with E-state index in [1.807, 2.05) is 60.7 Å². The maximum atomic E-state index is 13.3. The van der Waals surface area contributed by atoms with Gasteiger partial charge in [-0.15, -0.1) is 0 Å². The van der Waals surface area contributed by atoms with Gasteiger partial charge in [-0.05, 0) is 48.5 Å². The van der Waals surface area contributed by atoms with Gasteiger partial charge in [0.25, 0.3) is 5.91 Å². The minimum Gasteiger partial charge on any atom is -0.400 e. The summed E-state index contributed by atoms with van der Waals surface area (Å²) in [5, 5.41) is 3.00. The van der Waals surface area contributed by atoms with Crippen molar-refractivity contribution in [2.45, 2.75) is 5.25 Å². The van der Waals surface area contributed by atoms with Crippen LogP contribution in [0.25, 0.3) is 0 Å². The van der Waals surface area contributed by atoms with Crippen LogP contribution in [0.3, 0.4) is 0 Å². The summed E-state index contributed by atoms with van der Waals surface area (Å²) in [4.78, 5) is 32.7. The number of nitrogens with one attached hydrogen (secondary N) is 1. The lowest BCUT2D eigenvalue weighted by Gasteiger charge is -2.21. The number of rotatable bonds is 5. The molecule has 6 nitrogen and oxygen atoms in total. The molecule has 4 rings (SSSR count). The second-order valence-electron chi connectivity index (χ2n) is 7.27. The molecule has 0 radical (unpaired) electrons. The van der Waals surface area contributed by atoms with Gasteiger partial charge in [0.15, 0.2) is 0 Å². The lowest BCUT2D eigenvalue weighted by atomic mass is 10.1. The predicted octanol–water partition coefficient (Wildman–Crippen LogP) is 5.00. The zero-order valence-corrected chi connectivity index (χ0v) is 19.3. The number of carbonyl (C=O) groups excluding carboxylic acids is 2. The number of para-hydroxylation sites is 2. The zero-order chi connectivity index (χ0) is 23.4. The molecule has 33 heavy (non-hydrogen) atoms. The van der Waals surface area contributed by atoms with E-state index in [2.05, 4.69) is 10.3 Å². The number of hydrogen-bond donors (Lipinski definition) is 2. The molecule has 0 aromatic heterocycles. The second kappa shape index (κ2) is 9.94. The van der Waals surface area contributed by atoms with Crippen molar-refractivity contribution in [2.75, 3.05) is 17.3 Å². The molecule has 0 bridgehead atoms. The number of benzene rings is 3. The second-order valence-corrected chi connectivity index (χ2v) is 8.80. The highest BCUT2D eigenvalue weighted by molar-refractivity contribution is 8.16. The molecular formula is C25H21ClN4O2S. The van der Waals surface area contributed by atoms with Gasteiger partial charge in [-0.25, -0.2) is 4.99 Å². The van der Waals surface area contributed by atoms with Gasteiger partial charge in [-0.1, -0.05) is 59.8 Å². The van der Waals surface area contributed by atoms with Gasteiger partial charge < -0.3 is 16.0 Å². The van der Waals surface area contributed by atoms with Crippen molar-refractivity contribution in [3.8, 4) is 0 Å². The molecule has 0 fully saturated rings. The quantitative estimate of drug-likeness (QED) is 0.542. The molecule has 3 aromatic carbocycles. The van der Waals surface area contributed by atoms with Gasteiger partial charge in [0, 0.05) is 29.1 Å². The summed E-state index contributed by atoms with van der Waals surface area (Å²) in [7, 11) is 1.69. The monoisotopic (exact) mass is 476 g/mol. The first kappa shape index (κ1) is 22.6. The third-order valence-electron chi connectivity index (χ3n) is 5.03. The van der Waals surface area contributed by atoms with Crippen LogP contribution in [0.1, 0.15) is 0 Å². The van der Waals surface area contributed by atoms with E-state index in [-0.39, 0.29) is 17.2 Å². The molecule has 0 spiro atoms. The van der Waals surface area contributed by atoms with E-state index in [0.717, 1.165) is 5.69 Å². The van der Waals surface area contributed by atoms with Crippen molar-refractivity contribution >= 4 is 57.3 Å². The molecule has 1 atom stereocenters. The van der Waals surface area contributed by atoms with Crippen molar-refractivity contribution in [1.29, 1.82) is 0 Å². The Morgan fingerprint density at radius 2 is 1.58 bits per heavy atom. The Balaban J connectivity index is 1.68. The highest BCUT2D eigenvalue weighted by atomic mass is 35.5. The molecule has 8 heteroatoms. The maximum absolute atomic E-state index is 13.3. The van der Waals surface area contributed by atoms with Crippen LogP contribution in [0.15, 0.2) is 101 Å². The summed E-state index contributed by atoms with van der Waals surface area (Å²) in [6, 6.07) is 25.2. The van der Waals surface area contributed by atoms with Crippen LogP contribution < -0.4 is 16.0 Å². The number of amides is 2. The Kier molecular flexibility index (Phi) is 6.82. The molecule has 0 saturated carbocycles. The normalized spacial score (nSPS) is 16.7. The topological polar surface area (TPSA) is 87.8 Å². The minimum absolute atomic E-state index is 0.175. The predicted molar refractivity (Wildman–Crippen MR) is 136 cm³/mol. The first-order chi connectivity index (χ1) is 15.9. The number of carbonyl (C=O) groups is 2. The summed E-state index contributed by atoms with van der Waals surface area (Å²) in [6.45, 7) is 0. The van der Waals surface area contributed by atoms with Crippen LogP contribution in [0.5, 0.6) is 0 Å². The summed E-state index contributed by atoms with van der Waals surface area (Å²) < 4.78 is 0. The van der Waals surface area contributed by atoms with E-state index < -0.39 is 11.2 Å². The summed E-state index contributed by atoms with van der Waals surface area (Å²) in [6.07, 6.45) is 0. The van der Waals surface area contributed by atoms with E-state index in [4.69, 9.17) is 17.3 Å². The van der Waals surface area contributed by atoms with E-state index in [1.165, 1.54) is 16.7 Å². The first-order valence-corrected chi connectivity index (χ1v) is 11.4. The number of halogens is 1. The molecular weight excluding hydrogens is 456 g/mol. The van der Waals surface area contributed by atoms with Gasteiger partial charge in [-0.3, -0.25) is 9.59 Å². The summed E-state index contributed by atoms with van der Waals surface area (Å²) in [5.41, 5.74) is 8.73. The molecule has 0 saturated heterocycles. The first-order valence-electron chi connectivity index (χ1n) is 10.1. The number of thioether (sulfide) groups is 1. The molecule has 3 aromatic rings. The van der Waals surface area contributed by atoms with Crippen molar-refractivity contribution in [1.82, 2.24) is 0 Å². The lowest BCUT2D eigenvalue weighted by Crippen LogP contribution is -2.37. The Labute approximate surface area is 201 Å². The fourth-order valence-electron chi connectivity index (χ4n) is 3.28. The largest absolute Gasteiger partial charge is 0.400 e. The summed E-state index contributed by atoms with van der Waals surface area (Å²) >= 11 is 7.11. The van der Waals surface area contributed by atoms with E-state index in [0.29, 0.717) is 21.4 Å². The number of nitrogens with zero attached hydrogens (tertiary/aromatic N) is 2. The van der Waals surface area contributed by atoms with E-state index in [1.54, 1.807) is 31.3 Å². The van der Waals surface area contributed by atoms with Crippen LogP contribution in [-0.2, 0) is 9.59 Å². The molecule has 2 amide bonds. The third kappa shape index (κ3) is 5.10. The third-order valence-corrected chi connectivity index (χ3v) is 6.49. The minimum atomic E-state index is -0.774. The van der Waals surface area contributed by atoms with Crippen LogP contribution in [0.2, 0.25) is 5.02 Å². The van der Waals surface area contributed by atoms with E-state index >= 15 is 0 Å². The van der Waals surface area contributed by atoms with Crippen molar-refractivity contribution in [3.05, 3.63) is 101 Å². The van der Waals surface area contributed by atoms with Crippen molar-refractivity contribution in [3.63, 3.8) is 0 Å². The fraction of sp³-hybridized carbons (Fsp3) is 0.0800. The Bertz CT molecular complexity index is 1230.